The third-order valence-electron chi connectivity index (χ3n) is 7.77. The molecular weight excluding hydrogens is 406 g/mol. The van der Waals surface area contributed by atoms with E-state index in [-0.39, 0.29) is 22.4 Å². The summed E-state index contributed by atoms with van der Waals surface area (Å²) in [6, 6.07) is 5.74. The third-order valence-corrected chi connectivity index (χ3v) is 7.77. The van der Waals surface area contributed by atoms with E-state index < -0.39 is 11.9 Å². The molecule has 1 aromatic carbocycles. The molecule has 0 atom stereocenters. The van der Waals surface area contributed by atoms with E-state index in [1.807, 2.05) is 12.1 Å². The highest BCUT2D eigenvalue weighted by Crippen LogP contribution is 2.61. The maximum Gasteiger partial charge on any atom is 0.355 e. The van der Waals surface area contributed by atoms with Crippen molar-refractivity contribution in [1.29, 1.82) is 0 Å². The number of phenols is 1. The Hall–Kier alpha value is -3.02. The highest BCUT2D eigenvalue weighted by molar-refractivity contribution is 6.05. The fraction of sp³-hybridized carbons (Fsp3) is 0.462. The zero-order chi connectivity index (χ0) is 22.5. The molecular formula is C26H29NO5. The van der Waals surface area contributed by atoms with Crippen LogP contribution in [-0.2, 0) is 24.5 Å². The van der Waals surface area contributed by atoms with E-state index in [4.69, 9.17) is 9.47 Å². The zero-order valence-corrected chi connectivity index (χ0v) is 18.5. The number of anilines is 1. The monoisotopic (exact) mass is 435 g/mol. The smallest absolute Gasteiger partial charge is 0.355 e. The Labute approximate surface area is 188 Å². The van der Waals surface area contributed by atoms with Crippen molar-refractivity contribution in [3.8, 4) is 5.75 Å². The minimum absolute atomic E-state index is 0.0160. The Balaban J connectivity index is 1.61. The number of phenolic OH excluding ortho intramolecular Hbond substituents is 1. The van der Waals surface area contributed by atoms with Gasteiger partial charge < -0.3 is 19.5 Å². The lowest BCUT2D eigenvalue weighted by Crippen LogP contribution is -2.48. The molecule has 4 fully saturated rings. The fourth-order valence-electron chi connectivity index (χ4n) is 6.86. The number of carbonyl (C=O) groups is 2. The van der Waals surface area contributed by atoms with Crippen LogP contribution in [0.3, 0.4) is 0 Å². The average molecular weight is 436 g/mol. The molecule has 1 heterocycles. The van der Waals surface area contributed by atoms with Crippen molar-refractivity contribution in [2.75, 3.05) is 19.1 Å². The second-order valence-corrected chi connectivity index (χ2v) is 9.72. The van der Waals surface area contributed by atoms with Crippen molar-refractivity contribution < 1.29 is 24.2 Å². The van der Waals surface area contributed by atoms with Crippen LogP contribution in [0, 0.1) is 17.8 Å². The molecule has 4 saturated carbocycles. The maximum absolute atomic E-state index is 12.8. The molecule has 6 rings (SSSR count). The lowest BCUT2D eigenvalue weighted by Gasteiger charge is -2.57. The van der Waals surface area contributed by atoms with Crippen molar-refractivity contribution in [2.45, 2.75) is 43.9 Å². The van der Waals surface area contributed by atoms with Gasteiger partial charge in [0.2, 0.25) is 0 Å². The SMILES string of the molecule is COC(=O)C1=C(C(=O)OC)N(c2cc(C34CC5CC(CC(C5)C3)C4)ccc2O)C=CC=C1. The molecule has 0 aromatic heterocycles. The van der Waals surface area contributed by atoms with Crippen LogP contribution in [0.5, 0.6) is 5.75 Å². The fourth-order valence-corrected chi connectivity index (χ4v) is 6.86. The van der Waals surface area contributed by atoms with Crippen LogP contribution in [0.15, 0.2) is 53.9 Å². The number of methoxy groups -OCH3 is 2. The molecule has 0 radical (unpaired) electrons. The van der Waals surface area contributed by atoms with E-state index in [9.17, 15) is 14.7 Å². The van der Waals surface area contributed by atoms with Crippen LogP contribution >= 0.6 is 0 Å². The van der Waals surface area contributed by atoms with Crippen LogP contribution in [0.25, 0.3) is 0 Å². The molecule has 5 aliphatic rings. The molecule has 6 nitrogen and oxygen atoms in total. The Morgan fingerprint density at radius 3 is 2.19 bits per heavy atom. The van der Waals surface area contributed by atoms with Gasteiger partial charge in [-0.3, -0.25) is 0 Å². The normalized spacial score (nSPS) is 30.4. The van der Waals surface area contributed by atoms with Gasteiger partial charge in [-0.25, -0.2) is 9.59 Å². The lowest BCUT2D eigenvalue weighted by atomic mass is 9.48. The summed E-state index contributed by atoms with van der Waals surface area (Å²) >= 11 is 0. The van der Waals surface area contributed by atoms with Gasteiger partial charge in [-0.05, 0) is 91.5 Å². The summed E-state index contributed by atoms with van der Waals surface area (Å²) in [5, 5.41) is 10.8. The maximum atomic E-state index is 12.8. The predicted octanol–water partition coefficient (Wildman–Crippen LogP) is 4.35. The first-order valence-electron chi connectivity index (χ1n) is 11.3. The van der Waals surface area contributed by atoms with Crippen LogP contribution in [-0.4, -0.2) is 31.3 Å². The van der Waals surface area contributed by atoms with Crippen LogP contribution < -0.4 is 4.90 Å². The molecule has 168 valence electrons. The standard InChI is InChI=1S/C26H29NO5/c1-31-24(29)20-5-3-4-8-27(23(20)25(30)32-2)21-12-19(6-7-22(21)28)26-13-16-9-17(14-26)11-18(10-16)15-26/h3-8,12,16-18,28H,9-11,13-15H2,1-2H3. The number of ether oxygens (including phenoxy) is 2. The number of esters is 2. The average Bonchev–Trinajstić information content (AvgIpc) is 3.00. The number of nitrogens with zero attached hydrogens (tertiary/aromatic N) is 1. The summed E-state index contributed by atoms with van der Waals surface area (Å²) in [7, 11) is 2.54. The van der Waals surface area contributed by atoms with Gasteiger partial charge in [0.1, 0.15) is 11.4 Å². The van der Waals surface area contributed by atoms with E-state index in [0.29, 0.717) is 5.69 Å². The second-order valence-electron chi connectivity index (χ2n) is 9.72. The summed E-state index contributed by atoms with van der Waals surface area (Å²) in [5.74, 6) is 1.08. The number of rotatable bonds is 4. The molecule has 4 bridgehead atoms. The summed E-state index contributed by atoms with van der Waals surface area (Å²) in [4.78, 5) is 26.8. The highest BCUT2D eigenvalue weighted by atomic mass is 16.5. The molecule has 6 heteroatoms. The summed E-state index contributed by atoms with van der Waals surface area (Å²) in [5.41, 5.74) is 1.89. The third kappa shape index (κ3) is 3.33. The number of allylic oxidation sites excluding steroid dienone is 2. The number of aromatic hydroxyl groups is 1. The van der Waals surface area contributed by atoms with E-state index in [2.05, 4.69) is 0 Å². The number of hydrogen-bond donors (Lipinski definition) is 1. The molecule has 1 N–H and O–H groups in total. The van der Waals surface area contributed by atoms with E-state index >= 15 is 0 Å². The van der Waals surface area contributed by atoms with Gasteiger partial charge in [-0.15, -0.1) is 0 Å². The first-order valence-corrected chi connectivity index (χ1v) is 11.3. The van der Waals surface area contributed by atoms with E-state index in [1.54, 1.807) is 24.4 Å². The molecule has 0 spiro atoms. The van der Waals surface area contributed by atoms with Gasteiger partial charge in [-0.2, -0.15) is 0 Å². The Morgan fingerprint density at radius 1 is 0.969 bits per heavy atom. The topological polar surface area (TPSA) is 76.1 Å². The van der Waals surface area contributed by atoms with Gasteiger partial charge >= 0.3 is 11.9 Å². The van der Waals surface area contributed by atoms with Crippen molar-refractivity contribution in [3.05, 3.63) is 59.5 Å². The molecule has 1 aliphatic heterocycles. The molecule has 0 amide bonds. The Kier molecular flexibility index (Phi) is 5.11. The van der Waals surface area contributed by atoms with Gasteiger partial charge in [0.05, 0.1) is 25.5 Å². The van der Waals surface area contributed by atoms with Crippen LogP contribution in [0.4, 0.5) is 5.69 Å². The first kappa shape index (κ1) is 20.9. The predicted molar refractivity (Wildman–Crippen MR) is 120 cm³/mol. The summed E-state index contributed by atoms with van der Waals surface area (Å²) < 4.78 is 9.90. The second kappa shape index (κ2) is 7.84. The van der Waals surface area contributed by atoms with Gasteiger partial charge in [0.25, 0.3) is 0 Å². The number of hydrogen-bond acceptors (Lipinski definition) is 6. The zero-order valence-electron chi connectivity index (χ0n) is 18.5. The Bertz CT molecular complexity index is 1020. The van der Waals surface area contributed by atoms with Crippen molar-refractivity contribution in [3.63, 3.8) is 0 Å². The van der Waals surface area contributed by atoms with Crippen molar-refractivity contribution in [2.24, 2.45) is 17.8 Å². The van der Waals surface area contributed by atoms with Gasteiger partial charge in [0, 0.05) is 6.20 Å². The molecule has 0 saturated heterocycles. The Morgan fingerprint density at radius 2 is 1.59 bits per heavy atom. The van der Waals surface area contributed by atoms with E-state index in [1.165, 1.54) is 69.3 Å². The lowest BCUT2D eigenvalue weighted by molar-refractivity contribution is -0.139. The van der Waals surface area contributed by atoms with Crippen molar-refractivity contribution >= 4 is 17.6 Å². The van der Waals surface area contributed by atoms with Gasteiger partial charge in [-0.1, -0.05) is 12.1 Å². The quantitative estimate of drug-likeness (QED) is 0.709. The molecule has 1 aromatic rings. The minimum Gasteiger partial charge on any atom is -0.506 e. The highest BCUT2D eigenvalue weighted by Gasteiger charge is 2.51. The number of carbonyl (C=O) groups excluding carboxylic acids is 2. The minimum atomic E-state index is -0.679. The summed E-state index contributed by atoms with van der Waals surface area (Å²) in [6.45, 7) is 0. The van der Waals surface area contributed by atoms with Crippen molar-refractivity contribution in [1.82, 2.24) is 0 Å². The molecule has 32 heavy (non-hydrogen) atoms. The van der Waals surface area contributed by atoms with Crippen LogP contribution in [0.1, 0.15) is 44.1 Å². The molecule has 0 unspecified atom stereocenters. The first-order chi connectivity index (χ1) is 15.4. The number of benzene rings is 1. The summed E-state index contributed by atoms with van der Waals surface area (Å²) in [6.07, 6.45) is 14.2. The van der Waals surface area contributed by atoms with Crippen LogP contribution in [0.2, 0.25) is 0 Å². The van der Waals surface area contributed by atoms with E-state index in [0.717, 1.165) is 17.8 Å². The molecule has 4 aliphatic carbocycles. The largest absolute Gasteiger partial charge is 0.506 e. The van der Waals surface area contributed by atoms with Gasteiger partial charge in [0.15, 0.2) is 0 Å².